The molecular formula is C22H31NO4. The lowest BCUT2D eigenvalue weighted by Crippen LogP contribution is -2.42. The summed E-state index contributed by atoms with van der Waals surface area (Å²) in [7, 11) is 0. The average molecular weight is 373 g/mol. The highest BCUT2D eigenvalue weighted by molar-refractivity contribution is 5.98. The minimum atomic E-state index is -0.244. The third kappa shape index (κ3) is 6.49. The van der Waals surface area contributed by atoms with Crippen LogP contribution in [0.3, 0.4) is 0 Å². The second-order valence-corrected chi connectivity index (χ2v) is 7.65. The fourth-order valence-corrected chi connectivity index (χ4v) is 3.48. The van der Waals surface area contributed by atoms with E-state index in [-0.39, 0.29) is 36.4 Å². The molecule has 0 aliphatic carbocycles. The molecule has 5 heteroatoms. The Labute approximate surface area is 162 Å². The van der Waals surface area contributed by atoms with Gasteiger partial charge < -0.3 is 9.64 Å². The standard InChI is InChI=1S/C22H31NO4/c1-4-27-22(26)19-6-5-13-23(15-19)21(25)12-11-20(24)18-9-7-17(8-10-18)14-16(2)3/h7-10,16,19H,4-6,11-15H2,1-3H3. The van der Waals surface area contributed by atoms with Crippen molar-refractivity contribution >= 4 is 17.7 Å². The van der Waals surface area contributed by atoms with Crippen molar-refractivity contribution in [3.05, 3.63) is 35.4 Å². The zero-order chi connectivity index (χ0) is 19.8. The van der Waals surface area contributed by atoms with Crippen molar-refractivity contribution in [2.45, 2.75) is 52.9 Å². The summed E-state index contributed by atoms with van der Waals surface area (Å²) >= 11 is 0. The fraction of sp³-hybridized carbons (Fsp3) is 0.591. The van der Waals surface area contributed by atoms with Gasteiger partial charge in [0, 0.05) is 31.5 Å². The summed E-state index contributed by atoms with van der Waals surface area (Å²) in [5.41, 5.74) is 1.87. The molecule has 0 aromatic heterocycles. The molecule has 2 rings (SSSR count). The van der Waals surface area contributed by atoms with Gasteiger partial charge in [0.25, 0.3) is 0 Å². The number of ether oxygens (including phenoxy) is 1. The van der Waals surface area contributed by atoms with Gasteiger partial charge in [-0.3, -0.25) is 14.4 Å². The van der Waals surface area contributed by atoms with Crippen molar-refractivity contribution in [1.29, 1.82) is 0 Å². The maximum Gasteiger partial charge on any atom is 0.310 e. The second-order valence-electron chi connectivity index (χ2n) is 7.65. The van der Waals surface area contributed by atoms with Crippen LogP contribution in [-0.4, -0.2) is 42.3 Å². The van der Waals surface area contributed by atoms with Crippen LogP contribution in [0, 0.1) is 11.8 Å². The normalized spacial score (nSPS) is 17.0. The summed E-state index contributed by atoms with van der Waals surface area (Å²) in [5.74, 6) is 0.0266. The van der Waals surface area contributed by atoms with Gasteiger partial charge in [0.1, 0.15) is 0 Å². The van der Waals surface area contributed by atoms with Gasteiger partial charge in [0.05, 0.1) is 12.5 Å². The van der Waals surface area contributed by atoms with E-state index < -0.39 is 0 Å². The summed E-state index contributed by atoms with van der Waals surface area (Å²) in [6, 6.07) is 7.68. The molecule has 0 N–H and O–H groups in total. The van der Waals surface area contributed by atoms with E-state index in [9.17, 15) is 14.4 Å². The zero-order valence-electron chi connectivity index (χ0n) is 16.7. The number of likely N-dealkylation sites (tertiary alicyclic amines) is 1. The summed E-state index contributed by atoms with van der Waals surface area (Å²) in [6.07, 6.45) is 2.92. The van der Waals surface area contributed by atoms with Crippen LogP contribution in [0.1, 0.15) is 62.4 Å². The van der Waals surface area contributed by atoms with Crippen LogP contribution in [0.5, 0.6) is 0 Å². The van der Waals surface area contributed by atoms with Gasteiger partial charge >= 0.3 is 5.97 Å². The largest absolute Gasteiger partial charge is 0.466 e. The SMILES string of the molecule is CCOC(=O)C1CCCN(C(=O)CCC(=O)c2ccc(CC(C)C)cc2)C1. The molecule has 27 heavy (non-hydrogen) atoms. The van der Waals surface area contributed by atoms with E-state index in [1.807, 2.05) is 24.3 Å². The van der Waals surface area contributed by atoms with E-state index in [1.165, 1.54) is 5.56 Å². The minimum absolute atomic E-state index is 0.0154. The number of nitrogens with zero attached hydrogens (tertiary/aromatic N) is 1. The maximum atomic E-state index is 12.5. The molecule has 1 aliphatic heterocycles. The Morgan fingerprint density at radius 3 is 2.48 bits per heavy atom. The lowest BCUT2D eigenvalue weighted by atomic mass is 9.97. The van der Waals surface area contributed by atoms with Crippen molar-refractivity contribution < 1.29 is 19.1 Å². The molecule has 5 nitrogen and oxygen atoms in total. The third-order valence-electron chi connectivity index (χ3n) is 4.88. The van der Waals surface area contributed by atoms with E-state index >= 15 is 0 Å². The highest BCUT2D eigenvalue weighted by Crippen LogP contribution is 2.19. The van der Waals surface area contributed by atoms with Crippen LogP contribution in [0.15, 0.2) is 24.3 Å². The zero-order valence-corrected chi connectivity index (χ0v) is 16.7. The Morgan fingerprint density at radius 2 is 1.85 bits per heavy atom. The predicted molar refractivity (Wildman–Crippen MR) is 104 cm³/mol. The lowest BCUT2D eigenvalue weighted by molar-refractivity contribution is -0.151. The van der Waals surface area contributed by atoms with E-state index in [2.05, 4.69) is 13.8 Å². The van der Waals surface area contributed by atoms with Crippen LogP contribution < -0.4 is 0 Å². The second kappa shape index (κ2) is 10.2. The lowest BCUT2D eigenvalue weighted by Gasteiger charge is -2.31. The molecule has 1 amide bonds. The van der Waals surface area contributed by atoms with Crippen LogP contribution in [0.2, 0.25) is 0 Å². The van der Waals surface area contributed by atoms with Crippen molar-refractivity contribution in [2.24, 2.45) is 11.8 Å². The number of rotatable bonds is 8. The Hall–Kier alpha value is -2.17. The molecule has 1 atom stereocenters. The third-order valence-corrected chi connectivity index (χ3v) is 4.88. The number of benzene rings is 1. The van der Waals surface area contributed by atoms with Crippen molar-refractivity contribution in [3.8, 4) is 0 Å². The molecule has 1 unspecified atom stereocenters. The number of hydrogen-bond acceptors (Lipinski definition) is 4. The molecule has 0 radical (unpaired) electrons. The van der Waals surface area contributed by atoms with E-state index in [0.29, 0.717) is 31.2 Å². The Morgan fingerprint density at radius 1 is 1.15 bits per heavy atom. The summed E-state index contributed by atoms with van der Waals surface area (Å²) in [5, 5.41) is 0. The van der Waals surface area contributed by atoms with Gasteiger partial charge in [-0.1, -0.05) is 38.1 Å². The highest BCUT2D eigenvalue weighted by atomic mass is 16.5. The molecule has 148 valence electrons. The van der Waals surface area contributed by atoms with Crippen LogP contribution >= 0.6 is 0 Å². The number of carbonyl (C=O) groups is 3. The van der Waals surface area contributed by atoms with Gasteiger partial charge in [0.15, 0.2) is 5.78 Å². The van der Waals surface area contributed by atoms with Crippen LogP contribution in [-0.2, 0) is 20.7 Å². The summed E-state index contributed by atoms with van der Waals surface area (Å²) < 4.78 is 5.07. The van der Waals surface area contributed by atoms with Crippen molar-refractivity contribution in [1.82, 2.24) is 4.90 Å². The maximum absolute atomic E-state index is 12.5. The molecule has 1 saturated heterocycles. The Balaban J connectivity index is 1.83. The smallest absolute Gasteiger partial charge is 0.310 e. The number of piperidine rings is 1. The quantitative estimate of drug-likeness (QED) is 0.515. The molecule has 1 aromatic rings. The number of hydrogen-bond donors (Lipinski definition) is 0. The number of Topliss-reactive ketones (excluding diaryl/α,β-unsaturated/α-hetero) is 1. The van der Waals surface area contributed by atoms with E-state index in [1.54, 1.807) is 11.8 Å². The average Bonchev–Trinajstić information content (AvgIpc) is 2.66. The number of carbonyl (C=O) groups excluding carboxylic acids is 3. The van der Waals surface area contributed by atoms with Crippen molar-refractivity contribution in [3.63, 3.8) is 0 Å². The molecule has 0 bridgehead atoms. The van der Waals surface area contributed by atoms with Gasteiger partial charge in [-0.05, 0) is 37.7 Å². The monoisotopic (exact) mass is 373 g/mol. The molecule has 0 spiro atoms. The molecule has 0 saturated carbocycles. The predicted octanol–water partition coefficient (Wildman–Crippen LogP) is 3.65. The first-order chi connectivity index (χ1) is 12.9. The van der Waals surface area contributed by atoms with Crippen molar-refractivity contribution in [2.75, 3.05) is 19.7 Å². The number of amides is 1. The Bertz CT molecular complexity index is 651. The van der Waals surface area contributed by atoms with Crippen LogP contribution in [0.25, 0.3) is 0 Å². The Kier molecular flexibility index (Phi) is 8.01. The first-order valence-electron chi connectivity index (χ1n) is 9.97. The summed E-state index contributed by atoms with van der Waals surface area (Å²) in [6.45, 7) is 7.51. The van der Waals surface area contributed by atoms with E-state index in [0.717, 1.165) is 19.3 Å². The van der Waals surface area contributed by atoms with Crippen LogP contribution in [0.4, 0.5) is 0 Å². The summed E-state index contributed by atoms with van der Waals surface area (Å²) in [4.78, 5) is 38.4. The minimum Gasteiger partial charge on any atom is -0.466 e. The molecule has 1 fully saturated rings. The number of ketones is 1. The topological polar surface area (TPSA) is 63.7 Å². The van der Waals surface area contributed by atoms with Gasteiger partial charge in [0.2, 0.25) is 5.91 Å². The van der Waals surface area contributed by atoms with E-state index in [4.69, 9.17) is 4.74 Å². The molecular weight excluding hydrogens is 342 g/mol. The molecule has 1 aliphatic rings. The number of esters is 1. The first kappa shape index (κ1) is 21.1. The van der Waals surface area contributed by atoms with Gasteiger partial charge in [-0.25, -0.2) is 0 Å². The molecule has 1 aromatic carbocycles. The highest BCUT2D eigenvalue weighted by Gasteiger charge is 2.29. The first-order valence-corrected chi connectivity index (χ1v) is 9.97. The van der Waals surface area contributed by atoms with Gasteiger partial charge in [-0.2, -0.15) is 0 Å². The van der Waals surface area contributed by atoms with Gasteiger partial charge in [-0.15, -0.1) is 0 Å². The fourth-order valence-electron chi connectivity index (χ4n) is 3.48. The molecule has 1 heterocycles.